The van der Waals surface area contributed by atoms with Crippen molar-refractivity contribution in [2.24, 2.45) is 11.8 Å². The molecule has 85 valence electrons. The fourth-order valence-corrected chi connectivity index (χ4v) is 2.06. The van der Waals surface area contributed by atoms with Crippen LogP contribution in [0.25, 0.3) is 0 Å². The molecule has 0 saturated heterocycles. The second-order valence-corrected chi connectivity index (χ2v) is 4.77. The van der Waals surface area contributed by atoms with E-state index < -0.39 is 0 Å². The largest absolute Gasteiger partial charge is 0.0654 e. The molecular weight excluding hydrogens is 168 g/mol. The third-order valence-electron chi connectivity index (χ3n) is 3.22. The van der Waals surface area contributed by atoms with Crippen molar-refractivity contribution in [1.29, 1.82) is 0 Å². The van der Waals surface area contributed by atoms with Gasteiger partial charge in [0.05, 0.1) is 0 Å². The molecule has 2 atom stereocenters. The first-order chi connectivity index (χ1) is 6.74. The van der Waals surface area contributed by atoms with Crippen LogP contribution in [0, 0.1) is 18.8 Å². The molecule has 14 heavy (non-hydrogen) atoms. The van der Waals surface area contributed by atoms with Crippen LogP contribution in [0.2, 0.25) is 0 Å². The van der Waals surface area contributed by atoms with Crippen molar-refractivity contribution in [3.63, 3.8) is 0 Å². The molecule has 0 aromatic heterocycles. The molecule has 0 heterocycles. The zero-order valence-corrected chi connectivity index (χ0v) is 10.5. The summed E-state index contributed by atoms with van der Waals surface area (Å²) in [5.74, 6) is 1.82. The quantitative estimate of drug-likeness (QED) is 0.474. The van der Waals surface area contributed by atoms with Gasteiger partial charge in [0.15, 0.2) is 0 Å². The molecule has 0 aliphatic heterocycles. The van der Waals surface area contributed by atoms with Crippen LogP contribution in [0.3, 0.4) is 0 Å². The highest BCUT2D eigenvalue weighted by atomic mass is 14.1. The Morgan fingerprint density at radius 1 is 0.929 bits per heavy atom. The van der Waals surface area contributed by atoms with E-state index >= 15 is 0 Å². The third-order valence-corrected chi connectivity index (χ3v) is 3.22. The van der Waals surface area contributed by atoms with Crippen molar-refractivity contribution in [2.45, 2.75) is 72.1 Å². The topological polar surface area (TPSA) is 0 Å². The molecule has 0 fully saturated rings. The minimum atomic E-state index is 0.893. The molecule has 0 saturated carbocycles. The first kappa shape index (κ1) is 14.0. The maximum absolute atomic E-state index is 4.04. The highest BCUT2D eigenvalue weighted by Gasteiger charge is 2.08. The molecular formula is C14H29. The van der Waals surface area contributed by atoms with Gasteiger partial charge in [0.2, 0.25) is 0 Å². The number of hydrogen-bond acceptors (Lipinski definition) is 0. The standard InChI is InChI=1S/C14H29/c1-5-8-10-13(4)11-12-14(7-3)9-6-2/h13-14H,3,5-12H2,1-2,4H3. The van der Waals surface area contributed by atoms with Crippen LogP contribution >= 0.6 is 0 Å². The average molecular weight is 197 g/mol. The Kier molecular flexibility index (Phi) is 9.55. The maximum atomic E-state index is 4.04. The van der Waals surface area contributed by atoms with E-state index in [1.807, 2.05) is 0 Å². The van der Waals surface area contributed by atoms with Crippen LogP contribution in [0.15, 0.2) is 0 Å². The minimum Gasteiger partial charge on any atom is -0.0654 e. The second-order valence-electron chi connectivity index (χ2n) is 4.77. The van der Waals surface area contributed by atoms with Crippen LogP contribution in [-0.4, -0.2) is 0 Å². The molecule has 0 rings (SSSR count). The highest BCUT2D eigenvalue weighted by Crippen LogP contribution is 2.22. The molecule has 0 N–H and O–H groups in total. The lowest BCUT2D eigenvalue weighted by Gasteiger charge is -2.16. The van der Waals surface area contributed by atoms with Gasteiger partial charge < -0.3 is 0 Å². The highest BCUT2D eigenvalue weighted by molar-refractivity contribution is 4.63. The molecule has 0 bridgehead atoms. The molecule has 0 aliphatic carbocycles. The first-order valence-corrected chi connectivity index (χ1v) is 6.53. The number of rotatable bonds is 9. The normalized spacial score (nSPS) is 15.4. The van der Waals surface area contributed by atoms with Crippen LogP contribution in [-0.2, 0) is 0 Å². The second kappa shape index (κ2) is 9.55. The van der Waals surface area contributed by atoms with Crippen molar-refractivity contribution in [3.05, 3.63) is 6.92 Å². The summed E-state index contributed by atoms with van der Waals surface area (Å²) in [6.07, 6.45) is 10.8. The van der Waals surface area contributed by atoms with Crippen molar-refractivity contribution in [2.75, 3.05) is 0 Å². The van der Waals surface area contributed by atoms with Crippen LogP contribution < -0.4 is 0 Å². The minimum absolute atomic E-state index is 0.893. The lowest BCUT2D eigenvalue weighted by Crippen LogP contribution is -2.02. The van der Waals surface area contributed by atoms with Gasteiger partial charge in [-0.3, -0.25) is 0 Å². The van der Waals surface area contributed by atoms with Gasteiger partial charge in [-0.25, -0.2) is 0 Å². The van der Waals surface area contributed by atoms with E-state index in [1.54, 1.807) is 0 Å². The zero-order chi connectivity index (χ0) is 10.8. The smallest absolute Gasteiger partial charge is 0.0414 e. The van der Waals surface area contributed by atoms with Gasteiger partial charge in [0, 0.05) is 0 Å². The summed E-state index contributed by atoms with van der Waals surface area (Å²) in [6.45, 7) is 11.0. The lowest BCUT2D eigenvalue weighted by atomic mass is 9.90. The summed E-state index contributed by atoms with van der Waals surface area (Å²) in [6, 6.07) is 0. The van der Waals surface area contributed by atoms with E-state index in [-0.39, 0.29) is 0 Å². The van der Waals surface area contributed by atoms with Gasteiger partial charge in [-0.2, -0.15) is 0 Å². The molecule has 0 nitrogen and oxygen atoms in total. The van der Waals surface area contributed by atoms with Gasteiger partial charge in [0.1, 0.15) is 0 Å². The Labute approximate surface area is 91.5 Å². The number of unbranched alkanes of at least 4 members (excludes halogenated alkanes) is 1. The van der Waals surface area contributed by atoms with Gasteiger partial charge in [0.25, 0.3) is 0 Å². The first-order valence-electron chi connectivity index (χ1n) is 6.53. The Balaban J connectivity index is 3.46. The molecule has 0 aromatic carbocycles. The van der Waals surface area contributed by atoms with Crippen molar-refractivity contribution < 1.29 is 0 Å². The average Bonchev–Trinajstić information content (AvgIpc) is 2.21. The molecule has 0 aromatic rings. The summed E-state index contributed by atoms with van der Waals surface area (Å²) in [5, 5.41) is 0. The van der Waals surface area contributed by atoms with Gasteiger partial charge in [-0.1, -0.05) is 79.1 Å². The van der Waals surface area contributed by atoms with E-state index in [1.165, 1.54) is 44.9 Å². The molecule has 0 amide bonds. The summed E-state index contributed by atoms with van der Waals surface area (Å²) in [5.41, 5.74) is 0. The van der Waals surface area contributed by atoms with Gasteiger partial charge in [-0.05, 0) is 11.8 Å². The predicted molar refractivity (Wildman–Crippen MR) is 66.3 cm³/mol. The van der Waals surface area contributed by atoms with Gasteiger partial charge >= 0.3 is 0 Å². The number of hydrogen-bond donors (Lipinski definition) is 0. The Morgan fingerprint density at radius 3 is 2.14 bits per heavy atom. The third kappa shape index (κ3) is 7.41. The summed E-state index contributed by atoms with van der Waals surface area (Å²) >= 11 is 0. The van der Waals surface area contributed by atoms with Crippen molar-refractivity contribution in [1.82, 2.24) is 0 Å². The van der Waals surface area contributed by atoms with Crippen LogP contribution in [0.4, 0.5) is 0 Å². The zero-order valence-electron chi connectivity index (χ0n) is 10.5. The molecule has 1 radical (unpaired) electrons. The summed E-state index contributed by atoms with van der Waals surface area (Å²) < 4.78 is 0. The summed E-state index contributed by atoms with van der Waals surface area (Å²) in [4.78, 5) is 0. The van der Waals surface area contributed by atoms with E-state index in [0.717, 1.165) is 18.3 Å². The van der Waals surface area contributed by atoms with Gasteiger partial charge in [-0.15, -0.1) is 0 Å². The van der Waals surface area contributed by atoms with E-state index in [2.05, 4.69) is 27.7 Å². The SMILES string of the molecule is [CH2]CC(CCC)CCC(C)CCCC. The monoisotopic (exact) mass is 197 g/mol. The Hall–Kier alpha value is 0. The van der Waals surface area contributed by atoms with E-state index in [0.29, 0.717) is 0 Å². The predicted octanol–water partition coefficient (Wildman–Crippen LogP) is 5.23. The van der Waals surface area contributed by atoms with E-state index in [4.69, 9.17) is 0 Å². The fraction of sp³-hybridized carbons (Fsp3) is 0.929. The Morgan fingerprint density at radius 2 is 1.64 bits per heavy atom. The summed E-state index contributed by atoms with van der Waals surface area (Å²) in [7, 11) is 0. The molecule has 0 spiro atoms. The fourth-order valence-electron chi connectivity index (χ4n) is 2.06. The van der Waals surface area contributed by atoms with Crippen molar-refractivity contribution in [3.8, 4) is 0 Å². The van der Waals surface area contributed by atoms with Crippen LogP contribution in [0.1, 0.15) is 72.1 Å². The Bertz CT molecular complexity index is 107. The van der Waals surface area contributed by atoms with Crippen LogP contribution in [0.5, 0.6) is 0 Å². The van der Waals surface area contributed by atoms with E-state index in [9.17, 15) is 0 Å². The molecule has 0 heteroatoms. The lowest BCUT2D eigenvalue weighted by molar-refractivity contribution is 0.371. The molecule has 0 aliphatic rings. The van der Waals surface area contributed by atoms with Crippen molar-refractivity contribution >= 4 is 0 Å². The molecule has 2 unspecified atom stereocenters. The maximum Gasteiger partial charge on any atom is -0.0414 e.